The van der Waals surface area contributed by atoms with Crippen LogP contribution in [0.3, 0.4) is 0 Å². The van der Waals surface area contributed by atoms with Gasteiger partial charge < -0.3 is 0 Å². The van der Waals surface area contributed by atoms with E-state index in [1.807, 2.05) is 26.8 Å². The third kappa shape index (κ3) is 4.54. The van der Waals surface area contributed by atoms with Crippen LogP contribution in [0.4, 0.5) is 4.39 Å². The SMILES string of the molecule is C/C=C\C(C)=C(\F)C=C(C)C. The van der Waals surface area contributed by atoms with Gasteiger partial charge in [-0.05, 0) is 39.3 Å². The van der Waals surface area contributed by atoms with Crippen LogP contribution in [0.2, 0.25) is 0 Å². The molecule has 0 N–H and O–H groups in total. The Balaban J connectivity index is 4.53. The Kier molecular flexibility index (Phi) is 4.51. The molecular formula is C10H15F. The number of hydrogen-bond donors (Lipinski definition) is 0. The summed E-state index contributed by atoms with van der Waals surface area (Å²) < 4.78 is 13.0. The fourth-order valence-electron chi connectivity index (χ4n) is 0.697. The minimum Gasteiger partial charge on any atom is -0.207 e. The van der Waals surface area contributed by atoms with E-state index in [0.29, 0.717) is 5.57 Å². The lowest BCUT2D eigenvalue weighted by atomic mass is 10.2. The molecular weight excluding hydrogens is 139 g/mol. The molecule has 0 aromatic carbocycles. The van der Waals surface area contributed by atoms with Crippen molar-refractivity contribution in [1.29, 1.82) is 0 Å². The number of rotatable bonds is 2. The average Bonchev–Trinajstić information content (AvgIpc) is 1.86. The van der Waals surface area contributed by atoms with Crippen molar-refractivity contribution in [3.8, 4) is 0 Å². The highest BCUT2D eigenvalue weighted by molar-refractivity contribution is 5.28. The maximum Gasteiger partial charge on any atom is 0.126 e. The van der Waals surface area contributed by atoms with Crippen LogP contribution < -0.4 is 0 Å². The van der Waals surface area contributed by atoms with Crippen molar-refractivity contribution >= 4 is 0 Å². The zero-order valence-electron chi connectivity index (χ0n) is 7.61. The molecule has 0 aromatic rings. The fraction of sp³-hybridized carbons (Fsp3) is 0.400. The summed E-state index contributed by atoms with van der Waals surface area (Å²) in [6.45, 7) is 7.39. The second-order valence-corrected chi connectivity index (χ2v) is 2.75. The van der Waals surface area contributed by atoms with Crippen LogP contribution in [0.1, 0.15) is 27.7 Å². The predicted octanol–water partition coefficient (Wildman–Crippen LogP) is 3.77. The summed E-state index contributed by atoms with van der Waals surface area (Å²) in [7, 11) is 0. The zero-order valence-corrected chi connectivity index (χ0v) is 7.61. The second-order valence-electron chi connectivity index (χ2n) is 2.75. The van der Waals surface area contributed by atoms with E-state index in [0.717, 1.165) is 5.57 Å². The van der Waals surface area contributed by atoms with Gasteiger partial charge in [0, 0.05) is 0 Å². The first-order valence-electron chi connectivity index (χ1n) is 3.72. The molecule has 0 aromatic heterocycles. The van der Waals surface area contributed by atoms with Crippen LogP contribution in [0.15, 0.2) is 35.2 Å². The Hall–Kier alpha value is -0.850. The summed E-state index contributed by atoms with van der Waals surface area (Å²) in [5.74, 6) is -0.150. The van der Waals surface area contributed by atoms with Crippen LogP contribution in [0.5, 0.6) is 0 Å². The molecule has 62 valence electrons. The van der Waals surface area contributed by atoms with Crippen molar-refractivity contribution in [2.75, 3.05) is 0 Å². The molecule has 11 heavy (non-hydrogen) atoms. The van der Waals surface area contributed by atoms with Crippen LogP contribution >= 0.6 is 0 Å². The van der Waals surface area contributed by atoms with E-state index in [2.05, 4.69) is 0 Å². The fourth-order valence-corrected chi connectivity index (χ4v) is 0.697. The molecule has 0 bridgehead atoms. The van der Waals surface area contributed by atoms with Crippen molar-refractivity contribution in [2.24, 2.45) is 0 Å². The van der Waals surface area contributed by atoms with E-state index in [-0.39, 0.29) is 5.83 Å². The first-order chi connectivity index (χ1) is 5.07. The van der Waals surface area contributed by atoms with Gasteiger partial charge in [0.1, 0.15) is 5.83 Å². The summed E-state index contributed by atoms with van der Waals surface area (Å²) in [5, 5.41) is 0. The predicted molar refractivity (Wildman–Crippen MR) is 48.1 cm³/mol. The topological polar surface area (TPSA) is 0 Å². The maximum absolute atomic E-state index is 13.0. The Morgan fingerprint density at radius 3 is 2.09 bits per heavy atom. The van der Waals surface area contributed by atoms with E-state index in [1.165, 1.54) is 6.08 Å². The van der Waals surface area contributed by atoms with E-state index in [4.69, 9.17) is 0 Å². The highest BCUT2D eigenvalue weighted by Crippen LogP contribution is 2.10. The molecule has 0 atom stereocenters. The van der Waals surface area contributed by atoms with Gasteiger partial charge >= 0.3 is 0 Å². The summed E-state index contributed by atoms with van der Waals surface area (Å²) in [6, 6.07) is 0. The minimum atomic E-state index is -0.150. The normalized spacial score (nSPS) is 13.2. The Bertz CT molecular complexity index is 203. The molecule has 0 heterocycles. The largest absolute Gasteiger partial charge is 0.207 e. The molecule has 0 amide bonds. The van der Waals surface area contributed by atoms with Gasteiger partial charge in [-0.15, -0.1) is 0 Å². The molecule has 0 rings (SSSR count). The van der Waals surface area contributed by atoms with E-state index in [9.17, 15) is 4.39 Å². The van der Waals surface area contributed by atoms with Gasteiger partial charge in [0.25, 0.3) is 0 Å². The molecule has 0 aliphatic heterocycles. The lowest BCUT2D eigenvalue weighted by Gasteiger charge is -1.93. The Labute approximate surface area is 68.1 Å². The lowest BCUT2D eigenvalue weighted by molar-refractivity contribution is 0.656. The van der Waals surface area contributed by atoms with Crippen LogP contribution in [0, 0.1) is 0 Å². The molecule has 0 fully saturated rings. The highest BCUT2D eigenvalue weighted by Gasteiger charge is 1.92. The monoisotopic (exact) mass is 154 g/mol. The van der Waals surface area contributed by atoms with Gasteiger partial charge in [0.05, 0.1) is 0 Å². The van der Waals surface area contributed by atoms with Gasteiger partial charge in [0.2, 0.25) is 0 Å². The van der Waals surface area contributed by atoms with Gasteiger partial charge in [-0.3, -0.25) is 0 Å². The van der Waals surface area contributed by atoms with Crippen molar-refractivity contribution in [1.82, 2.24) is 0 Å². The van der Waals surface area contributed by atoms with E-state index < -0.39 is 0 Å². The van der Waals surface area contributed by atoms with Crippen molar-refractivity contribution in [3.63, 3.8) is 0 Å². The van der Waals surface area contributed by atoms with Gasteiger partial charge in [0.15, 0.2) is 0 Å². The van der Waals surface area contributed by atoms with Crippen LogP contribution in [-0.2, 0) is 0 Å². The molecule has 0 nitrogen and oxygen atoms in total. The molecule has 0 aliphatic carbocycles. The molecule has 0 saturated heterocycles. The molecule has 0 unspecified atom stereocenters. The van der Waals surface area contributed by atoms with Crippen LogP contribution in [-0.4, -0.2) is 0 Å². The Morgan fingerprint density at radius 1 is 1.18 bits per heavy atom. The summed E-state index contributed by atoms with van der Waals surface area (Å²) >= 11 is 0. The molecule has 0 spiro atoms. The molecule has 0 saturated carbocycles. The molecule has 1 heteroatoms. The van der Waals surface area contributed by atoms with Gasteiger partial charge in [-0.25, -0.2) is 4.39 Å². The third-order valence-electron chi connectivity index (χ3n) is 1.21. The number of allylic oxidation sites excluding steroid dienone is 6. The molecule has 0 aliphatic rings. The smallest absolute Gasteiger partial charge is 0.126 e. The quantitative estimate of drug-likeness (QED) is 0.531. The van der Waals surface area contributed by atoms with Crippen molar-refractivity contribution in [3.05, 3.63) is 35.2 Å². The molecule has 0 radical (unpaired) electrons. The van der Waals surface area contributed by atoms with Crippen LogP contribution in [0.25, 0.3) is 0 Å². The minimum absolute atomic E-state index is 0.150. The first-order valence-corrected chi connectivity index (χ1v) is 3.72. The second kappa shape index (κ2) is 4.89. The average molecular weight is 154 g/mol. The van der Waals surface area contributed by atoms with Gasteiger partial charge in [-0.1, -0.05) is 17.7 Å². The number of hydrogen-bond acceptors (Lipinski definition) is 0. The lowest BCUT2D eigenvalue weighted by Crippen LogP contribution is -1.75. The standard InChI is InChI=1S/C10H15F/c1-5-6-9(4)10(11)7-8(2)3/h5-7H,1-4H3/b6-5-,10-9+. The first kappa shape index (κ1) is 10.2. The van der Waals surface area contributed by atoms with Crippen molar-refractivity contribution in [2.45, 2.75) is 27.7 Å². The van der Waals surface area contributed by atoms with E-state index >= 15 is 0 Å². The van der Waals surface area contributed by atoms with Crippen molar-refractivity contribution < 1.29 is 4.39 Å². The Morgan fingerprint density at radius 2 is 1.73 bits per heavy atom. The summed E-state index contributed by atoms with van der Waals surface area (Å²) in [6.07, 6.45) is 5.12. The summed E-state index contributed by atoms with van der Waals surface area (Å²) in [5.41, 5.74) is 1.65. The summed E-state index contributed by atoms with van der Waals surface area (Å²) in [4.78, 5) is 0. The van der Waals surface area contributed by atoms with Gasteiger partial charge in [-0.2, -0.15) is 0 Å². The third-order valence-corrected chi connectivity index (χ3v) is 1.21. The van der Waals surface area contributed by atoms with E-state index in [1.54, 1.807) is 13.0 Å². The maximum atomic E-state index is 13.0. The zero-order chi connectivity index (χ0) is 8.85. The highest BCUT2D eigenvalue weighted by atomic mass is 19.1. The number of halogens is 1.